The summed E-state index contributed by atoms with van der Waals surface area (Å²) in [6, 6.07) is 20.3. The van der Waals surface area contributed by atoms with Gasteiger partial charge in [0, 0.05) is 27.8 Å². The second-order valence-corrected chi connectivity index (χ2v) is 9.51. The van der Waals surface area contributed by atoms with E-state index in [0.717, 1.165) is 40.4 Å². The van der Waals surface area contributed by atoms with Crippen molar-refractivity contribution in [3.8, 4) is 21.8 Å². The number of para-hydroxylation sites is 1. The molecule has 0 bridgehead atoms. The van der Waals surface area contributed by atoms with E-state index >= 15 is 0 Å². The van der Waals surface area contributed by atoms with Crippen molar-refractivity contribution in [2.24, 2.45) is 0 Å². The molecule has 2 N–H and O–H groups in total. The van der Waals surface area contributed by atoms with E-state index in [0.29, 0.717) is 16.8 Å². The van der Waals surface area contributed by atoms with Gasteiger partial charge in [0.2, 0.25) is 0 Å². The number of carbonyl (C=O) groups excluding carboxylic acids is 2. The second-order valence-electron chi connectivity index (χ2n) is 7.76. The van der Waals surface area contributed by atoms with Crippen LogP contribution in [0.1, 0.15) is 40.5 Å². The van der Waals surface area contributed by atoms with Crippen LogP contribution in [0.15, 0.2) is 78.2 Å². The molecule has 0 fully saturated rings. The van der Waals surface area contributed by atoms with E-state index in [1.165, 1.54) is 35.4 Å². The molecule has 2 amide bonds. The first kappa shape index (κ1) is 24.6. The first-order chi connectivity index (χ1) is 17.0. The maximum atomic E-state index is 13.2. The summed E-state index contributed by atoms with van der Waals surface area (Å²) in [5.41, 5.74) is 3.84. The predicted octanol–water partition coefficient (Wildman–Crippen LogP) is 7.05. The Morgan fingerprint density at radius 3 is 2.40 bits per heavy atom. The van der Waals surface area contributed by atoms with Gasteiger partial charge in [-0.3, -0.25) is 14.3 Å². The quantitative estimate of drug-likeness (QED) is 0.189. The number of benzene rings is 3. The lowest BCUT2D eigenvalue weighted by atomic mass is 10.1. The van der Waals surface area contributed by atoms with Crippen molar-refractivity contribution in [2.45, 2.75) is 19.8 Å². The Morgan fingerprint density at radius 2 is 1.66 bits per heavy atom. The molecule has 1 heterocycles. The van der Waals surface area contributed by atoms with Gasteiger partial charge in [0.05, 0.1) is 16.9 Å². The molecule has 0 aliphatic heterocycles. The van der Waals surface area contributed by atoms with Crippen LogP contribution in [0.25, 0.3) is 21.8 Å². The van der Waals surface area contributed by atoms with Gasteiger partial charge < -0.3 is 5.32 Å². The van der Waals surface area contributed by atoms with Crippen LogP contribution in [-0.2, 0) is 0 Å². The minimum absolute atomic E-state index is 0.238. The molecule has 0 aliphatic carbocycles. The second kappa shape index (κ2) is 11.8. The Hall–Kier alpha value is -3.49. The fraction of sp³-hybridized carbons (Fsp3) is 0.148. The molecular formula is C27H24FN3O2S2. The van der Waals surface area contributed by atoms with Crippen LogP contribution in [0, 0.1) is 5.82 Å². The largest absolute Gasteiger partial charge is 0.321 e. The number of anilines is 1. The fourth-order valence-corrected chi connectivity index (χ4v) is 4.91. The van der Waals surface area contributed by atoms with Gasteiger partial charge in [0.1, 0.15) is 10.8 Å². The van der Waals surface area contributed by atoms with E-state index in [1.54, 1.807) is 48.5 Å². The topological polar surface area (TPSA) is 71.1 Å². The summed E-state index contributed by atoms with van der Waals surface area (Å²) in [6.45, 7) is 2.10. The molecule has 1 aromatic heterocycles. The minimum Gasteiger partial charge on any atom is -0.321 e. The number of rotatable bonds is 9. The van der Waals surface area contributed by atoms with E-state index in [1.807, 2.05) is 17.5 Å². The van der Waals surface area contributed by atoms with E-state index in [2.05, 4.69) is 21.9 Å². The molecule has 3 aromatic carbocycles. The third-order valence-corrected chi connectivity index (χ3v) is 6.94. The molecular weight excluding hydrogens is 481 g/mol. The van der Waals surface area contributed by atoms with Gasteiger partial charge in [-0.25, -0.2) is 9.37 Å². The van der Waals surface area contributed by atoms with Crippen molar-refractivity contribution in [3.63, 3.8) is 0 Å². The Kier molecular flexibility index (Phi) is 8.28. The number of amides is 2. The van der Waals surface area contributed by atoms with Crippen LogP contribution < -0.4 is 10.0 Å². The fourth-order valence-electron chi connectivity index (χ4n) is 3.30. The maximum Gasteiger partial charge on any atom is 0.263 e. The Morgan fingerprint density at radius 1 is 0.943 bits per heavy atom. The molecule has 0 saturated carbocycles. The average Bonchev–Trinajstić information content (AvgIpc) is 3.38. The monoisotopic (exact) mass is 505 g/mol. The molecule has 178 valence electrons. The number of halogens is 1. The summed E-state index contributed by atoms with van der Waals surface area (Å²) in [5, 5.41) is 5.57. The van der Waals surface area contributed by atoms with Gasteiger partial charge in [-0.1, -0.05) is 49.6 Å². The molecule has 5 nitrogen and oxygen atoms in total. The smallest absolute Gasteiger partial charge is 0.263 e. The summed E-state index contributed by atoms with van der Waals surface area (Å²) in [5.74, 6) is 0.0139. The van der Waals surface area contributed by atoms with Crippen molar-refractivity contribution in [3.05, 3.63) is 95.1 Å². The zero-order chi connectivity index (χ0) is 24.6. The lowest BCUT2D eigenvalue weighted by Gasteiger charge is -2.11. The summed E-state index contributed by atoms with van der Waals surface area (Å²) in [7, 11) is 0. The van der Waals surface area contributed by atoms with E-state index in [9.17, 15) is 14.0 Å². The van der Waals surface area contributed by atoms with Gasteiger partial charge >= 0.3 is 0 Å². The van der Waals surface area contributed by atoms with Crippen LogP contribution in [0.5, 0.6) is 0 Å². The number of aromatic nitrogens is 1. The van der Waals surface area contributed by atoms with Crippen LogP contribution in [0.4, 0.5) is 10.1 Å². The molecule has 4 rings (SSSR count). The molecule has 4 aromatic rings. The van der Waals surface area contributed by atoms with E-state index < -0.39 is 0 Å². The third kappa shape index (κ3) is 6.35. The van der Waals surface area contributed by atoms with Gasteiger partial charge in [0.15, 0.2) is 0 Å². The summed E-state index contributed by atoms with van der Waals surface area (Å²) < 4.78 is 16.0. The molecule has 35 heavy (non-hydrogen) atoms. The van der Waals surface area contributed by atoms with Gasteiger partial charge in [-0.2, -0.15) is 0 Å². The summed E-state index contributed by atoms with van der Waals surface area (Å²) in [4.78, 5) is 30.1. The normalized spacial score (nSPS) is 10.7. The van der Waals surface area contributed by atoms with Crippen molar-refractivity contribution in [2.75, 3.05) is 11.1 Å². The highest BCUT2D eigenvalue weighted by atomic mass is 32.2. The molecule has 0 unspecified atom stereocenters. The molecule has 0 atom stereocenters. The van der Waals surface area contributed by atoms with Crippen molar-refractivity contribution >= 4 is 40.8 Å². The summed E-state index contributed by atoms with van der Waals surface area (Å²) in [6.07, 6.45) is 2.08. The number of hydrogen-bond acceptors (Lipinski definition) is 5. The Bertz CT molecular complexity index is 1300. The highest BCUT2D eigenvalue weighted by Crippen LogP contribution is 2.29. The van der Waals surface area contributed by atoms with Crippen LogP contribution >= 0.6 is 23.3 Å². The Labute approximate surface area is 211 Å². The first-order valence-electron chi connectivity index (χ1n) is 11.2. The predicted molar refractivity (Wildman–Crippen MR) is 142 cm³/mol. The highest BCUT2D eigenvalue weighted by molar-refractivity contribution is 7.97. The van der Waals surface area contributed by atoms with Crippen LogP contribution in [0.2, 0.25) is 0 Å². The standard InChI is InChI=1S/C27H24FN3O2S2/c1-2-3-16-35-31-26(33)22-6-4-5-7-23(22)29-25(32)19-8-10-20(11-9-19)27-30-24(17-34-27)18-12-14-21(28)15-13-18/h4-15,17H,2-3,16H2,1H3,(H,29,32)(H,31,33). The molecule has 0 radical (unpaired) electrons. The van der Waals surface area contributed by atoms with Gasteiger partial charge in [-0.15, -0.1) is 11.3 Å². The lowest BCUT2D eigenvalue weighted by Crippen LogP contribution is -2.20. The van der Waals surface area contributed by atoms with Crippen molar-refractivity contribution in [1.82, 2.24) is 9.71 Å². The van der Waals surface area contributed by atoms with Gasteiger partial charge in [0.25, 0.3) is 11.8 Å². The van der Waals surface area contributed by atoms with Gasteiger partial charge in [-0.05, 0) is 55.0 Å². The van der Waals surface area contributed by atoms with Crippen molar-refractivity contribution in [1.29, 1.82) is 0 Å². The molecule has 0 aliphatic rings. The molecule has 0 saturated heterocycles. The van der Waals surface area contributed by atoms with E-state index in [-0.39, 0.29) is 17.6 Å². The summed E-state index contributed by atoms with van der Waals surface area (Å²) >= 11 is 2.85. The number of unbranched alkanes of at least 4 members (excludes halogenated alkanes) is 1. The maximum absolute atomic E-state index is 13.2. The average molecular weight is 506 g/mol. The number of nitrogens with zero attached hydrogens (tertiary/aromatic N) is 1. The van der Waals surface area contributed by atoms with Crippen LogP contribution in [-0.4, -0.2) is 22.6 Å². The number of thiazole rings is 1. The zero-order valence-electron chi connectivity index (χ0n) is 19.1. The number of carbonyl (C=O) groups is 2. The lowest BCUT2D eigenvalue weighted by molar-refractivity contribution is 0.0985. The zero-order valence-corrected chi connectivity index (χ0v) is 20.7. The van der Waals surface area contributed by atoms with Crippen LogP contribution in [0.3, 0.4) is 0 Å². The Balaban J connectivity index is 1.43. The minimum atomic E-state index is -0.304. The molecule has 8 heteroatoms. The third-order valence-electron chi connectivity index (χ3n) is 5.22. The van der Waals surface area contributed by atoms with Crippen molar-refractivity contribution < 1.29 is 14.0 Å². The molecule has 0 spiro atoms. The first-order valence-corrected chi connectivity index (χ1v) is 13.1. The SMILES string of the molecule is CCCCSNC(=O)c1ccccc1NC(=O)c1ccc(-c2nc(-c3ccc(F)cc3)cs2)cc1. The van der Waals surface area contributed by atoms with E-state index in [4.69, 9.17) is 0 Å². The highest BCUT2D eigenvalue weighted by Gasteiger charge is 2.15. The number of hydrogen-bond donors (Lipinski definition) is 2. The number of nitrogens with one attached hydrogen (secondary N) is 2.